The van der Waals surface area contributed by atoms with Gasteiger partial charge in [-0.1, -0.05) is 17.7 Å². The first-order chi connectivity index (χ1) is 13.4. The van der Waals surface area contributed by atoms with Gasteiger partial charge in [-0.15, -0.1) is 11.8 Å². The maximum atomic E-state index is 11.6. The Balaban J connectivity index is 1.62. The summed E-state index contributed by atoms with van der Waals surface area (Å²) >= 11 is 1.54. The molecule has 3 N–H and O–H groups in total. The van der Waals surface area contributed by atoms with Crippen molar-refractivity contribution >= 4 is 35.3 Å². The maximum absolute atomic E-state index is 11.6. The van der Waals surface area contributed by atoms with E-state index in [-0.39, 0.29) is 5.95 Å². The highest BCUT2D eigenvalue weighted by Gasteiger charge is 2.15. The third-order valence-corrected chi connectivity index (χ3v) is 4.81. The molecule has 0 aliphatic carbocycles. The van der Waals surface area contributed by atoms with Crippen LogP contribution in [0, 0.1) is 13.8 Å². The van der Waals surface area contributed by atoms with Crippen LogP contribution in [0.25, 0.3) is 0 Å². The molecule has 9 heteroatoms. The SMILES string of the molecule is COC(=O)c1cc(CSCc2nc(N)nc(Nc3ccc(C)cc3)n2)oc1C. The van der Waals surface area contributed by atoms with Crippen LogP contribution >= 0.6 is 11.8 Å². The molecule has 0 aliphatic rings. The molecule has 2 aromatic heterocycles. The minimum absolute atomic E-state index is 0.155. The number of ether oxygens (including phenoxy) is 1. The van der Waals surface area contributed by atoms with Crippen LogP contribution < -0.4 is 11.1 Å². The molecule has 1 aromatic carbocycles. The number of rotatable bonds is 7. The summed E-state index contributed by atoms with van der Waals surface area (Å²) in [5, 5.41) is 3.13. The molecule has 0 unspecified atom stereocenters. The lowest BCUT2D eigenvalue weighted by Crippen LogP contribution is -2.06. The molecule has 28 heavy (non-hydrogen) atoms. The number of thioether (sulfide) groups is 1. The Hall–Kier alpha value is -3.07. The monoisotopic (exact) mass is 399 g/mol. The molecule has 0 saturated heterocycles. The fraction of sp³-hybridized carbons (Fsp3) is 0.263. The Bertz CT molecular complexity index is 972. The molecule has 8 nitrogen and oxygen atoms in total. The number of nitrogen functional groups attached to an aromatic ring is 1. The van der Waals surface area contributed by atoms with Crippen LogP contribution in [0.15, 0.2) is 34.7 Å². The normalized spacial score (nSPS) is 10.7. The van der Waals surface area contributed by atoms with Crippen molar-refractivity contribution in [3.8, 4) is 0 Å². The third-order valence-electron chi connectivity index (χ3n) is 3.86. The van der Waals surface area contributed by atoms with Gasteiger partial charge in [0.2, 0.25) is 11.9 Å². The molecule has 146 valence electrons. The fourth-order valence-corrected chi connectivity index (χ4v) is 3.25. The number of carbonyl (C=O) groups excluding carboxylic acids is 1. The van der Waals surface area contributed by atoms with E-state index in [4.69, 9.17) is 14.9 Å². The first-order valence-corrected chi connectivity index (χ1v) is 9.69. The topological polar surface area (TPSA) is 116 Å². The second-order valence-electron chi connectivity index (χ2n) is 6.09. The zero-order valence-corrected chi connectivity index (χ0v) is 16.7. The summed E-state index contributed by atoms with van der Waals surface area (Å²) in [4.78, 5) is 24.4. The van der Waals surface area contributed by atoms with Gasteiger partial charge in [0.25, 0.3) is 0 Å². The summed E-state index contributed by atoms with van der Waals surface area (Å²) in [6.07, 6.45) is 0. The number of methoxy groups -OCH3 is 1. The fourth-order valence-electron chi connectivity index (χ4n) is 2.49. The van der Waals surface area contributed by atoms with E-state index in [0.29, 0.717) is 40.4 Å². The van der Waals surface area contributed by atoms with Crippen LogP contribution in [0.4, 0.5) is 17.6 Å². The lowest BCUT2D eigenvalue weighted by atomic mass is 10.2. The van der Waals surface area contributed by atoms with Crippen molar-refractivity contribution in [3.63, 3.8) is 0 Å². The quantitative estimate of drug-likeness (QED) is 0.574. The standard InChI is InChI=1S/C19H21N5O3S/c1-11-4-6-13(7-5-11)21-19-23-16(22-18(20)24-19)10-28-9-14-8-15(12(2)27-14)17(25)26-3/h4-8H,9-10H2,1-3H3,(H3,20,21,22,23,24). The number of esters is 1. The van der Waals surface area contributed by atoms with Crippen molar-refractivity contribution in [1.29, 1.82) is 0 Å². The van der Waals surface area contributed by atoms with Gasteiger partial charge in [0, 0.05) is 5.69 Å². The summed E-state index contributed by atoms with van der Waals surface area (Å²) in [5.41, 5.74) is 8.29. The van der Waals surface area contributed by atoms with Gasteiger partial charge in [-0.3, -0.25) is 0 Å². The second-order valence-corrected chi connectivity index (χ2v) is 7.08. The minimum Gasteiger partial charge on any atom is -0.465 e. The molecular formula is C19H21N5O3S. The summed E-state index contributed by atoms with van der Waals surface area (Å²) in [6.45, 7) is 3.75. The Morgan fingerprint density at radius 2 is 1.93 bits per heavy atom. The van der Waals surface area contributed by atoms with Crippen LogP contribution in [-0.2, 0) is 16.2 Å². The third kappa shape index (κ3) is 5.01. The number of furan rings is 1. The number of carbonyl (C=O) groups is 1. The zero-order chi connectivity index (χ0) is 20.1. The van der Waals surface area contributed by atoms with E-state index in [1.54, 1.807) is 24.8 Å². The van der Waals surface area contributed by atoms with E-state index in [9.17, 15) is 4.79 Å². The van der Waals surface area contributed by atoms with E-state index in [2.05, 4.69) is 20.3 Å². The van der Waals surface area contributed by atoms with Gasteiger partial charge in [-0.2, -0.15) is 15.0 Å². The van der Waals surface area contributed by atoms with Gasteiger partial charge >= 0.3 is 5.97 Å². The van der Waals surface area contributed by atoms with Crippen molar-refractivity contribution in [3.05, 3.63) is 58.8 Å². The van der Waals surface area contributed by atoms with E-state index >= 15 is 0 Å². The van der Waals surface area contributed by atoms with Gasteiger partial charge in [0.05, 0.1) is 18.6 Å². The molecule has 3 rings (SSSR count). The number of anilines is 3. The Labute approximate surface area is 166 Å². The van der Waals surface area contributed by atoms with E-state index < -0.39 is 5.97 Å². The lowest BCUT2D eigenvalue weighted by Gasteiger charge is -2.07. The highest BCUT2D eigenvalue weighted by atomic mass is 32.2. The summed E-state index contributed by atoms with van der Waals surface area (Å²) in [5.74, 6) is 3.00. The van der Waals surface area contributed by atoms with Crippen molar-refractivity contribution in [2.45, 2.75) is 25.4 Å². The number of aromatic nitrogens is 3. The van der Waals surface area contributed by atoms with Gasteiger partial charge in [-0.05, 0) is 32.0 Å². The number of hydrogen-bond acceptors (Lipinski definition) is 9. The van der Waals surface area contributed by atoms with E-state index in [1.807, 2.05) is 31.2 Å². The molecule has 0 aliphatic heterocycles. The van der Waals surface area contributed by atoms with Crippen LogP contribution in [0.3, 0.4) is 0 Å². The molecule has 0 fully saturated rings. The van der Waals surface area contributed by atoms with Crippen molar-refractivity contribution in [2.24, 2.45) is 0 Å². The number of nitrogens with two attached hydrogens (primary N) is 1. The number of benzene rings is 1. The number of nitrogens with zero attached hydrogens (tertiary/aromatic N) is 3. The average molecular weight is 399 g/mol. The Kier molecular flexibility index (Phi) is 6.15. The first kappa shape index (κ1) is 19.7. The van der Waals surface area contributed by atoms with Gasteiger partial charge in [0.15, 0.2) is 0 Å². The summed E-state index contributed by atoms with van der Waals surface area (Å²) < 4.78 is 10.3. The van der Waals surface area contributed by atoms with E-state index in [1.165, 1.54) is 12.7 Å². The lowest BCUT2D eigenvalue weighted by molar-refractivity contribution is 0.0599. The predicted molar refractivity (Wildman–Crippen MR) is 108 cm³/mol. The maximum Gasteiger partial charge on any atom is 0.341 e. The van der Waals surface area contributed by atoms with Crippen molar-refractivity contribution in [1.82, 2.24) is 15.0 Å². The molecule has 0 radical (unpaired) electrons. The molecule has 0 amide bonds. The number of aryl methyl sites for hydroxylation is 2. The molecule has 3 aromatic rings. The average Bonchev–Trinajstić information content (AvgIpc) is 3.03. The highest BCUT2D eigenvalue weighted by Crippen LogP contribution is 2.22. The summed E-state index contributed by atoms with van der Waals surface area (Å²) in [6, 6.07) is 9.58. The molecular weight excluding hydrogens is 378 g/mol. The predicted octanol–water partition coefficient (Wildman–Crippen LogP) is 3.63. The minimum atomic E-state index is -0.408. The van der Waals surface area contributed by atoms with Crippen LogP contribution in [0.5, 0.6) is 0 Å². The summed E-state index contributed by atoms with van der Waals surface area (Å²) in [7, 11) is 1.34. The van der Waals surface area contributed by atoms with Gasteiger partial charge in [0.1, 0.15) is 22.9 Å². The van der Waals surface area contributed by atoms with Crippen LogP contribution in [0.2, 0.25) is 0 Å². The number of hydrogen-bond donors (Lipinski definition) is 2. The van der Waals surface area contributed by atoms with Gasteiger partial charge < -0.3 is 20.2 Å². The smallest absolute Gasteiger partial charge is 0.341 e. The van der Waals surface area contributed by atoms with Crippen LogP contribution in [-0.4, -0.2) is 28.0 Å². The van der Waals surface area contributed by atoms with Crippen molar-refractivity contribution in [2.75, 3.05) is 18.2 Å². The zero-order valence-electron chi connectivity index (χ0n) is 15.9. The Morgan fingerprint density at radius 3 is 2.64 bits per heavy atom. The van der Waals surface area contributed by atoms with E-state index in [0.717, 1.165) is 5.69 Å². The molecule has 0 saturated carbocycles. The first-order valence-electron chi connectivity index (χ1n) is 8.54. The molecule has 0 spiro atoms. The molecule has 0 bridgehead atoms. The van der Waals surface area contributed by atoms with Gasteiger partial charge in [-0.25, -0.2) is 4.79 Å². The van der Waals surface area contributed by atoms with Crippen LogP contribution in [0.1, 0.15) is 33.3 Å². The molecule has 2 heterocycles. The largest absolute Gasteiger partial charge is 0.465 e. The second kappa shape index (κ2) is 8.75. The number of nitrogens with one attached hydrogen (secondary N) is 1. The molecule has 0 atom stereocenters. The Morgan fingerprint density at radius 1 is 1.18 bits per heavy atom. The van der Waals surface area contributed by atoms with Crippen molar-refractivity contribution < 1.29 is 13.9 Å². The highest BCUT2D eigenvalue weighted by molar-refractivity contribution is 7.97.